The molecule has 0 spiro atoms. The molecule has 1 N–H and O–H groups in total. The molecule has 0 saturated heterocycles. The number of carboxylic acid groups (broad SMARTS) is 1. The third kappa shape index (κ3) is 1.36. The van der Waals surface area contributed by atoms with Gasteiger partial charge in [0.1, 0.15) is 0 Å². The first-order chi connectivity index (χ1) is 7.66. The van der Waals surface area contributed by atoms with Crippen molar-refractivity contribution in [3.05, 3.63) is 28.8 Å². The molecule has 0 radical (unpaired) electrons. The van der Waals surface area contributed by atoms with Crippen LogP contribution in [0.5, 0.6) is 0 Å². The van der Waals surface area contributed by atoms with E-state index in [0.717, 1.165) is 12.8 Å². The average Bonchev–Trinajstić information content (AvgIpc) is 2.99. The maximum Gasteiger partial charge on any atom is 0.354 e. The number of hydrogen-bond donors (Lipinski definition) is 1. The first-order valence-electron chi connectivity index (χ1n) is 4.93. The molecule has 0 aromatic carbocycles. The molecular formula is C10H8ClN3O2. The van der Waals surface area contributed by atoms with Crippen molar-refractivity contribution < 1.29 is 9.90 Å². The van der Waals surface area contributed by atoms with E-state index in [9.17, 15) is 9.90 Å². The number of imidazole rings is 1. The first kappa shape index (κ1) is 9.59. The van der Waals surface area contributed by atoms with Gasteiger partial charge in [0.2, 0.25) is 5.78 Å². The van der Waals surface area contributed by atoms with Crippen LogP contribution in [0.2, 0.25) is 5.02 Å². The lowest BCUT2D eigenvalue weighted by atomic mass is 10.2. The molecule has 82 valence electrons. The molecule has 0 amide bonds. The molecule has 5 nitrogen and oxygen atoms in total. The second-order valence-corrected chi connectivity index (χ2v) is 4.30. The van der Waals surface area contributed by atoms with Gasteiger partial charge >= 0.3 is 5.97 Å². The average molecular weight is 238 g/mol. The predicted octanol–water partition coefficient (Wildman–Crippen LogP) is 1.96. The summed E-state index contributed by atoms with van der Waals surface area (Å²) in [6, 6.07) is 0. The van der Waals surface area contributed by atoms with Gasteiger partial charge in [0, 0.05) is 12.1 Å². The molecule has 2 aromatic rings. The number of aromatic carboxylic acids is 1. The maximum atomic E-state index is 11.2. The Morgan fingerprint density at radius 2 is 2.31 bits per heavy atom. The van der Waals surface area contributed by atoms with Gasteiger partial charge in [0.25, 0.3) is 0 Å². The van der Waals surface area contributed by atoms with Crippen LogP contribution in [0, 0.1) is 0 Å². The van der Waals surface area contributed by atoms with Crippen molar-refractivity contribution in [1.29, 1.82) is 0 Å². The normalized spacial score (nSPS) is 15.6. The number of carboxylic acids is 1. The molecule has 16 heavy (non-hydrogen) atoms. The maximum absolute atomic E-state index is 11.2. The monoisotopic (exact) mass is 237 g/mol. The van der Waals surface area contributed by atoms with E-state index in [1.807, 2.05) is 0 Å². The molecule has 3 rings (SSSR count). The van der Waals surface area contributed by atoms with Crippen molar-refractivity contribution in [1.82, 2.24) is 14.4 Å². The van der Waals surface area contributed by atoms with Crippen LogP contribution in [0.25, 0.3) is 5.78 Å². The van der Waals surface area contributed by atoms with Crippen molar-refractivity contribution in [2.45, 2.75) is 18.8 Å². The summed E-state index contributed by atoms with van der Waals surface area (Å²) in [6.07, 6.45) is 4.99. The Morgan fingerprint density at radius 3 is 2.94 bits per heavy atom. The number of nitrogens with zero attached hydrogens (tertiary/aromatic N) is 3. The summed E-state index contributed by atoms with van der Waals surface area (Å²) >= 11 is 5.80. The van der Waals surface area contributed by atoms with E-state index in [2.05, 4.69) is 9.97 Å². The van der Waals surface area contributed by atoms with Crippen LogP contribution in [-0.2, 0) is 0 Å². The Labute approximate surface area is 95.7 Å². The molecule has 1 aliphatic carbocycles. The minimum atomic E-state index is -0.988. The highest BCUT2D eigenvalue weighted by atomic mass is 35.5. The lowest BCUT2D eigenvalue weighted by molar-refractivity contribution is 0.0688. The molecule has 1 fully saturated rings. The van der Waals surface area contributed by atoms with Gasteiger partial charge in [-0.2, -0.15) is 0 Å². The van der Waals surface area contributed by atoms with Crippen molar-refractivity contribution in [3.63, 3.8) is 0 Å². The zero-order valence-corrected chi connectivity index (χ0v) is 8.98. The second-order valence-electron chi connectivity index (χ2n) is 3.87. The van der Waals surface area contributed by atoms with Crippen LogP contribution >= 0.6 is 11.6 Å². The van der Waals surface area contributed by atoms with E-state index in [0.29, 0.717) is 16.5 Å². The Morgan fingerprint density at radius 1 is 1.56 bits per heavy atom. The topological polar surface area (TPSA) is 67.5 Å². The number of rotatable bonds is 2. The third-order valence-corrected chi connectivity index (χ3v) is 2.84. The van der Waals surface area contributed by atoms with Crippen LogP contribution in [0.3, 0.4) is 0 Å². The molecule has 0 atom stereocenters. The highest BCUT2D eigenvalue weighted by Crippen LogP contribution is 2.41. The Hall–Kier alpha value is -1.62. The van der Waals surface area contributed by atoms with Crippen LogP contribution in [0.4, 0.5) is 0 Å². The standard InChI is InChI=1S/C10H8ClN3O2/c11-6-3-12-10-13-7(5-1-2-5)8(9(15)16)14(10)4-6/h3-5H,1-2H2,(H,15,16). The van der Waals surface area contributed by atoms with E-state index >= 15 is 0 Å². The summed E-state index contributed by atoms with van der Waals surface area (Å²) in [5, 5.41) is 9.59. The van der Waals surface area contributed by atoms with Gasteiger partial charge in [0.05, 0.1) is 16.9 Å². The van der Waals surface area contributed by atoms with E-state index in [1.165, 1.54) is 16.8 Å². The zero-order valence-electron chi connectivity index (χ0n) is 8.22. The predicted molar refractivity (Wildman–Crippen MR) is 56.9 cm³/mol. The van der Waals surface area contributed by atoms with E-state index in [-0.39, 0.29) is 11.6 Å². The molecule has 2 aromatic heterocycles. The molecule has 6 heteroatoms. The number of fused-ring (bicyclic) bond motifs is 1. The molecule has 0 aliphatic heterocycles. The molecule has 2 heterocycles. The van der Waals surface area contributed by atoms with Gasteiger partial charge in [-0.3, -0.25) is 4.40 Å². The summed E-state index contributed by atoms with van der Waals surface area (Å²) in [7, 11) is 0. The molecular weight excluding hydrogens is 230 g/mol. The number of hydrogen-bond acceptors (Lipinski definition) is 3. The van der Waals surface area contributed by atoms with Crippen molar-refractivity contribution in [2.24, 2.45) is 0 Å². The first-order valence-corrected chi connectivity index (χ1v) is 5.31. The Kier molecular flexibility index (Phi) is 1.91. The number of carbonyl (C=O) groups is 1. The summed E-state index contributed by atoms with van der Waals surface area (Å²) in [5.41, 5.74) is 0.815. The van der Waals surface area contributed by atoms with Gasteiger partial charge < -0.3 is 5.11 Å². The smallest absolute Gasteiger partial charge is 0.354 e. The van der Waals surface area contributed by atoms with E-state index < -0.39 is 5.97 Å². The summed E-state index contributed by atoms with van der Waals surface area (Å²) in [4.78, 5) is 19.5. The molecule has 0 unspecified atom stereocenters. The highest BCUT2D eigenvalue weighted by Gasteiger charge is 2.32. The minimum absolute atomic E-state index is 0.188. The summed E-state index contributed by atoms with van der Waals surface area (Å²) < 4.78 is 1.44. The lowest BCUT2D eigenvalue weighted by Gasteiger charge is -1.97. The lowest BCUT2D eigenvalue weighted by Crippen LogP contribution is -2.05. The van der Waals surface area contributed by atoms with Gasteiger partial charge in [-0.25, -0.2) is 14.8 Å². The molecule has 1 saturated carbocycles. The zero-order chi connectivity index (χ0) is 11.3. The number of halogens is 1. The largest absolute Gasteiger partial charge is 0.477 e. The van der Waals surface area contributed by atoms with Crippen LogP contribution in [0.1, 0.15) is 34.9 Å². The summed E-state index contributed by atoms with van der Waals surface area (Å²) in [5.74, 6) is -0.325. The Balaban J connectivity index is 2.33. The van der Waals surface area contributed by atoms with Crippen molar-refractivity contribution in [2.75, 3.05) is 0 Å². The van der Waals surface area contributed by atoms with Crippen LogP contribution in [-0.4, -0.2) is 25.4 Å². The van der Waals surface area contributed by atoms with Crippen LogP contribution < -0.4 is 0 Å². The molecule has 1 aliphatic rings. The fourth-order valence-electron chi connectivity index (χ4n) is 1.78. The fraction of sp³-hybridized carbons (Fsp3) is 0.300. The van der Waals surface area contributed by atoms with Gasteiger partial charge in [0.15, 0.2) is 5.69 Å². The van der Waals surface area contributed by atoms with Crippen LogP contribution in [0.15, 0.2) is 12.4 Å². The van der Waals surface area contributed by atoms with Gasteiger partial charge in [-0.05, 0) is 12.8 Å². The quantitative estimate of drug-likeness (QED) is 0.867. The van der Waals surface area contributed by atoms with E-state index in [1.54, 1.807) is 0 Å². The SMILES string of the molecule is O=C(O)c1c(C2CC2)nc2ncc(Cl)cn12. The highest BCUT2D eigenvalue weighted by molar-refractivity contribution is 6.30. The van der Waals surface area contributed by atoms with Crippen molar-refractivity contribution >= 4 is 23.3 Å². The number of aromatic nitrogens is 3. The van der Waals surface area contributed by atoms with E-state index in [4.69, 9.17) is 11.6 Å². The molecule has 0 bridgehead atoms. The van der Waals surface area contributed by atoms with Gasteiger partial charge in [-0.15, -0.1) is 0 Å². The third-order valence-electron chi connectivity index (χ3n) is 2.64. The fourth-order valence-corrected chi connectivity index (χ4v) is 1.93. The van der Waals surface area contributed by atoms with Gasteiger partial charge in [-0.1, -0.05) is 11.6 Å². The Bertz CT molecular complexity index is 589. The second kappa shape index (κ2) is 3.18. The minimum Gasteiger partial charge on any atom is -0.477 e. The summed E-state index contributed by atoms with van der Waals surface area (Å²) in [6.45, 7) is 0. The van der Waals surface area contributed by atoms with Crippen molar-refractivity contribution in [3.8, 4) is 0 Å².